The van der Waals surface area contributed by atoms with E-state index in [4.69, 9.17) is 5.11 Å². The van der Waals surface area contributed by atoms with Gasteiger partial charge < -0.3 is 15.2 Å². The molecule has 0 aliphatic heterocycles. The fourth-order valence-electron chi connectivity index (χ4n) is 1.62. The molecule has 92 valence electrons. The molecule has 0 saturated carbocycles. The highest BCUT2D eigenvalue weighted by atomic mass is 16.4. The predicted molar refractivity (Wildman–Crippen MR) is 65.0 cm³/mol. The van der Waals surface area contributed by atoms with Gasteiger partial charge >= 0.3 is 5.97 Å². The van der Waals surface area contributed by atoms with Crippen molar-refractivity contribution in [1.29, 1.82) is 0 Å². The molecule has 17 heavy (non-hydrogen) atoms. The number of carbonyl (C=O) groups is 2. The van der Waals surface area contributed by atoms with Crippen LogP contribution in [-0.4, -0.2) is 29.9 Å². The van der Waals surface area contributed by atoms with E-state index in [1.54, 1.807) is 6.92 Å². The summed E-state index contributed by atoms with van der Waals surface area (Å²) in [6.07, 6.45) is 1.27. The molecule has 2 N–H and O–H groups in total. The van der Waals surface area contributed by atoms with Gasteiger partial charge in [0.15, 0.2) is 0 Å². The van der Waals surface area contributed by atoms with E-state index < -0.39 is 11.9 Å². The van der Waals surface area contributed by atoms with Gasteiger partial charge in [-0.2, -0.15) is 0 Å². The molecule has 0 amide bonds. The summed E-state index contributed by atoms with van der Waals surface area (Å²) in [7, 11) is 0. The number of aldehydes is 1. The van der Waals surface area contributed by atoms with Crippen molar-refractivity contribution in [3.8, 4) is 0 Å². The second-order valence-electron chi connectivity index (χ2n) is 3.97. The third-order valence-electron chi connectivity index (χ3n) is 2.60. The number of carboxylic acid groups (broad SMARTS) is 1. The normalized spacial score (nSPS) is 13.9. The van der Waals surface area contributed by atoms with Crippen molar-refractivity contribution in [2.24, 2.45) is 0 Å². The van der Waals surface area contributed by atoms with Crippen LogP contribution in [0.4, 0.5) is 0 Å². The molecule has 0 spiro atoms. The van der Waals surface area contributed by atoms with Crippen molar-refractivity contribution in [2.45, 2.75) is 25.3 Å². The quantitative estimate of drug-likeness (QED) is 0.701. The van der Waals surface area contributed by atoms with Gasteiger partial charge in [0, 0.05) is 0 Å². The number of aliphatic carboxylic acids is 1. The molecule has 0 radical (unpaired) electrons. The summed E-state index contributed by atoms with van der Waals surface area (Å²) in [6, 6.07) is 8.89. The van der Waals surface area contributed by atoms with Crippen LogP contribution in [-0.2, 0) is 9.59 Å². The molecule has 0 fully saturated rings. The van der Waals surface area contributed by atoms with Gasteiger partial charge in [0.25, 0.3) is 0 Å². The number of hydrogen-bond acceptors (Lipinski definition) is 3. The Labute approximate surface area is 101 Å². The summed E-state index contributed by atoms with van der Waals surface area (Å²) in [5.41, 5.74) is 0.792. The van der Waals surface area contributed by atoms with E-state index in [1.807, 2.05) is 30.3 Å². The highest BCUT2D eigenvalue weighted by molar-refractivity contribution is 5.76. The first-order valence-corrected chi connectivity index (χ1v) is 5.61. The van der Waals surface area contributed by atoms with E-state index in [0.717, 1.165) is 11.8 Å². The van der Waals surface area contributed by atoms with Crippen LogP contribution in [0.25, 0.3) is 0 Å². The van der Waals surface area contributed by atoms with E-state index in [9.17, 15) is 9.59 Å². The molecule has 0 aliphatic carbocycles. The second-order valence-corrected chi connectivity index (χ2v) is 3.97. The molecule has 0 heterocycles. The lowest BCUT2D eigenvalue weighted by Crippen LogP contribution is -2.30. The molecule has 4 nitrogen and oxygen atoms in total. The van der Waals surface area contributed by atoms with Crippen molar-refractivity contribution >= 4 is 12.3 Å². The van der Waals surface area contributed by atoms with Crippen LogP contribution in [0.5, 0.6) is 0 Å². The first-order chi connectivity index (χ1) is 8.15. The fourth-order valence-corrected chi connectivity index (χ4v) is 1.62. The monoisotopic (exact) mass is 235 g/mol. The molecule has 0 bridgehead atoms. The molecule has 0 aromatic heterocycles. The van der Waals surface area contributed by atoms with Gasteiger partial charge in [-0.05, 0) is 25.5 Å². The van der Waals surface area contributed by atoms with E-state index >= 15 is 0 Å². The third-order valence-corrected chi connectivity index (χ3v) is 2.60. The lowest BCUT2D eigenvalue weighted by atomic mass is 9.96. The Morgan fingerprint density at radius 1 is 1.41 bits per heavy atom. The number of carboxylic acids is 1. The van der Waals surface area contributed by atoms with Gasteiger partial charge in [-0.3, -0.25) is 4.79 Å². The molecule has 0 unspecified atom stereocenters. The average molecular weight is 235 g/mol. The van der Waals surface area contributed by atoms with Gasteiger partial charge in [0.2, 0.25) is 0 Å². The Bertz CT molecular complexity index is 364. The molecular formula is C13H17NO3. The van der Waals surface area contributed by atoms with Gasteiger partial charge in [0.05, 0.1) is 12.0 Å². The van der Waals surface area contributed by atoms with E-state index in [-0.39, 0.29) is 6.04 Å². The molecule has 4 heteroatoms. The molecular weight excluding hydrogens is 218 g/mol. The van der Waals surface area contributed by atoms with Crippen LogP contribution in [0.2, 0.25) is 0 Å². The summed E-state index contributed by atoms with van der Waals surface area (Å²) < 4.78 is 0. The van der Waals surface area contributed by atoms with Gasteiger partial charge in [-0.1, -0.05) is 30.3 Å². The highest BCUT2D eigenvalue weighted by Gasteiger charge is 2.19. The van der Waals surface area contributed by atoms with Crippen LogP contribution < -0.4 is 5.32 Å². The molecule has 0 aliphatic rings. The lowest BCUT2D eigenvalue weighted by molar-refractivity contribution is -0.138. The standard InChI is InChI=1S/C13H17NO3/c1-10(9-15)14-8-7-12(13(16)17)11-5-3-2-4-6-11/h2-6,9-10,12,14H,7-8H2,1H3,(H,16,17)/t10-,12-/m0/s1. The van der Waals surface area contributed by atoms with Crippen molar-refractivity contribution in [3.05, 3.63) is 35.9 Å². The Balaban J connectivity index is 2.56. The zero-order valence-corrected chi connectivity index (χ0v) is 9.80. The van der Waals surface area contributed by atoms with Crippen LogP contribution in [0.3, 0.4) is 0 Å². The van der Waals surface area contributed by atoms with E-state index in [1.165, 1.54) is 0 Å². The van der Waals surface area contributed by atoms with Crippen molar-refractivity contribution < 1.29 is 14.7 Å². The van der Waals surface area contributed by atoms with Crippen LogP contribution in [0.1, 0.15) is 24.8 Å². The minimum atomic E-state index is -0.836. The smallest absolute Gasteiger partial charge is 0.311 e. The Morgan fingerprint density at radius 3 is 2.59 bits per heavy atom. The SMILES string of the molecule is C[C@@H](C=O)NCC[C@H](C(=O)O)c1ccccc1. The number of benzene rings is 1. The van der Waals surface area contributed by atoms with Crippen molar-refractivity contribution in [1.82, 2.24) is 5.32 Å². The van der Waals surface area contributed by atoms with Crippen LogP contribution >= 0.6 is 0 Å². The van der Waals surface area contributed by atoms with Crippen molar-refractivity contribution in [2.75, 3.05) is 6.54 Å². The molecule has 2 atom stereocenters. The molecule has 1 rings (SSSR count). The number of nitrogens with one attached hydrogen (secondary N) is 1. The average Bonchev–Trinajstić information content (AvgIpc) is 2.34. The third kappa shape index (κ3) is 4.36. The van der Waals surface area contributed by atoms with E-state index in [0.29, 0.717) is 13.0 Å². The molecule has 1 aromatic rings. The summed E-state index contributed by atoms with van der Waals surface area (Å²) in [5.74, 6) is -1.36. The van der Waals surface area contributed by atoms with Crippen LogP contribution in [0.15, 0.2) is 30.3 Å². The Kier molecular flexibility index (Phi) is 5.36. The number of carbonyl (C=O) groups excluding carboxylic acids is 1. The zero-order valence-electron chi connectivity index (χ0n) is 9.80. The first kappa shape index (κ1) is 13.4. The number of rotatable bonds is 7. The van der Waals surface area contributed by atoms with Crippen molar-refractivity contribution in [3.63, 3.8) is 0 Å². The summed E-state index contributed by atoms with van der Waals surface area (Å²) in [6.45, 7) is 2.25. The fraction of sp³-hybridized carbons (Fsp3) is 0.385. The second kappa shape index (κ2) is 6.81. The minimum Gasteiger partial charge on any atom is -0.481 e. The predicted octanol–water partition coefficient (Wildman–Crippen LogP) is 1.42. The molecule has 1 aromatic carbocycles. The number of hydrogen-bond donors (Lipinski definition) is 2. The summed E-state index contributed by atoms with van der Waals surface area (Å²) >= 11 is 0. The maximum absolute atomic E-state index is 11.1. The molecule has 0 saturated heterocycles. The van der Waals surface area contributed by atoms with Gasteiger partial charge in [-0.15, -0.1) is 0 Å². The maximum atomic E-state index is 11.1. The largest absolute Gasteiger partial charge is 0.481 e. The summed E-state index contributed by atoms with van der Waals surface area (Å²) in [4.78, 5) is 21.6. The Morgan fingerprint density at radius 2 is 2.06 bits per heavy atom. The van der Waals surface area contributed by atoms with Gasteiger partial charge in [-0.25, -0.2) is 0 Å². The maximum Gasteiger partial charge on any atom is 0.311 e. The highest BCUT2D eigenvalue weighted by Crippen LogP contribution is 2.19. The minimum absolute atomic E-state index is 0.236. The van der Waals surface area contributed by atoms with Crippen LogP contribution in [0, 0.1) is 0 Å². The Hall–Kier alpha value is -1.68. The van der Waals surface area contributed by atoms with Gasteiger partial charge in [0.1, 0.15) is 6.29 Å². The first-order valence-electron chi connectivity index (χ1n) is 5.61. The lowest BCUT2D eigenvalue weighted by Gasteiger charge is -2.14. The zero-order chi connectivity index (χ0) is 12.7. The summed E-state index contributed by atoms with van der Waals surface area (Å²) in [5, 5.41) is 12.1. The topological polar surface area (TPSA) is 66.4 Å². The van der Waals surface area contributed by atoms with E-state index in [2.05, 4.69) is 5.32 Å².